The first kappa shape index (κ1) is 16.2. The third-order valence-electron chi connectivity index (χ3n) is 3.71. The van der Waals surface area contributed by atoms with Crippen molar-refractivity contribution in [1.29, 1.82) is 0 Å². The molecule has 1 amide bonds. The van der Waals surface area contributed by atoms with Gasteiger partial charge in [0.2, 0.25) is 5.91 Å². The molecule has 5 nitrogen and oxygen atoms in total. The second kappa shape index (κ2) is 6.29. The molecule has 2 rings (SSSR count). The molecule has 1 aliphatic rings. The number of carbonyl (C=O) groups is 2. The second-order valence-corrected chi connectivity index (χ2v) is 5.28. The molecule has 1 saturated heterocycles. The van der Waals surface area contributed by atoms with Crippen molar-refractivity contribution in [3.05, 3.63) is 29.8 Å². The van der Waals surface area contributed by atoms with Gasteiger partial charge >= 0.3 is 5.97 Å². The van der Waals surface area contributed by atoms with Gasteiger partial charge in [0.05, 0.1) is 13.5 Å². The number of carboxylic acids is 1. The molecule has 0 aliphatic carbocycles. The molecule has 0 saturated carbocycles. The van der Waals surface area contributed by atoms with E-state index in [1.807, 2.05) is 0 Å². The van der Waals surface area contributed by atoms with Gasteiger partial charge in [-0.15, -0.1) is 0 Å². The number of hydrogen-bond donors (Lipinski definition) is 1. The standard InChI is InChI=1S/C15H17F2NO4/c1-22-11-4-2-10(3-5-11)8-13(19)18-7-6-15(16,17)9-12(18)14(20)21/h2-5,12H,6-9H2,1H3,(H,20,21). The molecule has 0 radical (unpaired) electrons. The summed E-state index contributed by atoms with van der Waals surface area (Å²) in [7, 11) is 1.52. The van der Waals surface area contributed by atoms with Crippen molar-refractivity contribution in [3.63, 3.8) is 0 Å². The van der Waals surface area contributed by atoms with Gasteiger partial charge in [-0.3, -0.25) is 4.79 Å². The van der Waals surface area contributed by atoms with Gasteiger partial charge in [0.25, 0.3) is 5.92 Å². The number of carboxylic acid groups (broad SMARTS) is 1. The number of hydrogen-bond acceptors (Lipinski definition) is 3. The van der Waals surface area contributed by atoms with Gasteiger partial charge < -0.3 is 14.7 Å². The highest BCUT2D eigenvalue weighted by molar-refractivity contribution is 5.85. The Morgan fingerprint density at radius 1 is 1.36 bits per heavy atom. The van der Waals surface area contributed by atoms with Gasteiger partial charge in [-0.25, -0.2) is 13.6 Å². The van der Waals surface area contributed by atoms with Crippen LogP contribution in [0.15, 0.2) is 24.3 Å². The smallest absolute Gasteiger partial charge is 0.326 e. The Bertz CT molecular complexity index is 559. The number of amides is 1. The van der Waals surface area contributed by atoms with Crippen LogP contribution in [0, 0.1) is 0 Å². The molecular formula is C15H17F2NO4. The van der Waals surface area contributed by atoms with Crippen LogP contribution in [0.4, 0.5) is 8.78 Å². The third-order valence-corrected chi connectivity index (χ3v) is 3.71. The lowest BCUT2D eigenvalue weighted by Crippen LogP contribution is -2.53. The Balaban J connectivity index is 2.08. The quantitative estimate of drug-likeness (QED) is 0.922. The van der Waals surface area contributed by atoms with Crippen LogP contribution in [-0.2, 0) is 16.0 Å². The lowest BCUT2D eigenvalue weighted by molar-refractivity contribution is -0.161. The van der Waals surface area contributed by atoms with Gasteiger partial charge in [0.1, 0.15) is 11.8 Å². The summed E-state index contributed by atoms with van der Waals surface area (Å²) in [5.41, 5.74) is 0.673. The highest BCUT2D eigenvalue weighted by atomic mass is 19.3. The Morgan fingerprint density at radius 2 is 2.00 bits per heavy atom. The topological polar surface area (TPSA) is 66.8 Å². The van der Waals surface area contributed by atoms with E-state index in [1.165, 1.54) is 7.11 Å². The largest absolute Gasteiger partial charge is 0.497 e. The van der Waals surface area contributed by atoms with E-state index in [0.29, 0.717) is 11.3 Å². The maximum atomic E-state index is 13.3. The number of methoxy groups -OCH3 is 1. The zero-order valence-electron chi connectivity index (χ0n) is 12.1. The molecule has 0 aromatic heterocycles. The zero-order valence-corrected chi connectivity index (χ0v) is 12.1. The van der Waals surface area contributed by atoms with Crippen molar-refractivity contribution in [2.75, 3.05) is 13.7 Å². The number of carbonyl (C=O) groups excluding carboxylic acids is 1. The third kappa shape index (κ3) is 3.72. The SMILES string of the molecule is COc1ccc(CC(=O)N2CCC(F)(F)CC2C(=O)O)cc1. The summed E-state index contributed by atoms with van der Waals surface area (Å²) in [6, 6.07) is 5.26. The van der Waals surface area contributed by atoms with E-state index < -0.39 is 36.7 Å². The number of benzene rings is 1. The van der Waals surface area contributed by atoms with Gasteiger partial charge in [-0.2, -0.15) is 0 Å². The summed E-state index contributed by atoms with van der Waals surface area (Å²) < 4.78 is 31.7. The molecule has 0 spiro atoms. The first-order valence-electron chi connectivity index (χ1n) is 6.85. The molecule has 120 valence electrons. The molecule has 1 aromatic carbocycles. The Kier molecular flexibility index (Phi) is 4.63. The Hall–Kier alpha value is -2.18. The maximum Gasteiger partial charge on any atom is 0.326 e. The molecule has 22 heavy (non-hydrogen) atoms. The fourth-order valence-corrected chi connectivity index (χ4v) is 2.47. The van der Waals surface area contributed by atoms with Crippen LogP contribution in [0.25, 0.3) is 0 Å². The Labute approximate surface area is 126 Å². The lowest BCUT2D eigenvalue weighted by atomic mass is 9.97. The molecule has 1 aliphatic heterocycles. The van der Waals surface area contributed by atoms with Crippen molar-refractivity contribution in [2.45, 2.75) is 31.2 Å². The van der Waals surface area contributed by atoms with Gasteiger partial charge in [0.15, 0.2) is 0 Å². The van der Waals surface area contributed by atoms with E-state index >= 15 is 0 Å². The van der Waals surface area contributed by atoms with Crippen LogP contribution in [-0.4, -0.2) is 47.5 Å². The first-order chi connectivity index (χ1) is 10.3. The summed E-state index contributed by atoms with van der Waals surface area (Å²) in [4.78, 5) is 24.4. The van der Waals surface area contributed by atoms with E-state index in [0.717, 1.165) is 4.90 Å². The molecule has 1 fully saturated rings. The van der Waals surface area contributed by atoms with Gasteiger partial charge in [0, 0.05) is 19.4 Å². The van der Waals surface area contributed by atoms with Crippen LogP contribution in [0.2, 0.25) is 0 Å². The minimum atomic E-state index is -3.04. The van der Waals surface area contributed by atoms with Crippen LogP contribution in [0.5, 0.6) is 5.75 Å². The molecule has 1 N–H and O–H groups in total. The van der Waals surface area contributed by atoms with Gasteiger partial charge in [-0.05, 0) is 17.7 Å². The van der Waals surface area contributed by atoms with Crippen molar-refractivity contribution in [1.82, 2.24) is 4.90 Å². The molecule has 0 bridgehead atoms. The summed E-state index contributed by atoms with van der Waals surface area (Å²) in [5, 5.41) is 9.08. The number of piperidine rings is 1. The number of aliphatic carboxylic acids is 1. The normalized spacial score (nSPS) is 20.5. The van der Waals surface area contributed by atoms with Crippen LogP contribution in [0.1, 0.15) is 18.4 Å². The minimum Gasteiger partial charge on any atom is -0.497 e. The molecule has 1 aromatic rings. The van der Waals surface area contributed by atoms with E-state index in [9.17, 15) is 18.4 Å². The van der Waals surface area contributed by atoms with E-state index in [2.05, 4.69) is 0 Å². The fraction of sp³-hybridized carbons (Fsp3) is 0.467. The number of ether oxygens (including phenoxy) is 1. The predicted octanol–water partition coefficient (Wildman–Crippen LogP) is 1.95. The van der Waals surface area contributed by atoms with Crippen LogP contribution in [0.3, 0.4) is 0 Å². The minimum absolute atomic E-state index is 0.0284. The highest BCUT2D eigenvalue weighted by Gasteiger charge is 2.45. The number of alkyl halides is 2. The Morgan fingerprint density at radius 3 is 2.55 bits per heavy atom. The maximum absolute atomic E-state index is 13.3. The van der Waals surface area contributed by atoms with E-state index in [4.69, 9.17) is 9.84 Å². The number of rotatable bonds is 4. The average molecular weight is 313 g/mol. The monoisotopic (exact) mass is 313 g/mol. The molecular weight excluding hydrogens is 296 g/mol. The number of likely N-dealkylation sites (tertiary alicyclic amines) is 1. The molecule has 1 atom stereocenters. The van der Waals surface area contributed by atoms with Crippen LogP contribution < -0.4 is 4.74 Å². The second-order valence-electron chi connectivity index (χ2n) is 5.28. The number of nitrogens with zero attached hydrogens (tertiary/aromatic N) is 1. The summed E-state index contributed by atoms with van der Waals surface area (Å²) in [5.74, 6) is -4.27. The van der Waals surface area contributed by atoms with Crippen molar-refractivity contribution in [3.8, 4) is 5.75 Å². The zero-order chi connectivity index (χ0) is 16.3. The first-order valence-corrected chi connectivity index (χ1v) is 6.85. The fourth-order valence-electron chi connectivity index (χ4n) is 2.47. The summed E-state index contributed by atoms with van der Waals surface area (Å²) >= 11 is 0. The lowest BCUT2D eigenvalue weighted by Gasteiger charge is -2.37. The molecule has 1 unspecified atom stereocenters. The van der Waals surface area contributed by atoms with Crippen molar-refractivity contribution >= 4 is 11.9 Å². The number of halogens is 2. The summed E-state index contributed by atoms with van der Waals surface area (Å²) in [6.45, 7) is -0.251. The highest BCUT2D eigenvalue weighted by Crippen LogP contribution is 2.32. The van der Waals surface area contributed by atoms with Crippen molar-refractivity contribution < 1.29 is 28.2 Å². The molecule has 7 heteroatoms. The van der Waals surface area contributed by atoms with Gasteiger partial charge in [-0.1, -0.05) is 12.1 Å². The van der Waals surface area contributed by atoms with E-state index in [1.54, 1.807) is 24.3 Å². The predicted molar refractivity (Wildman–Crippen MR) is 74.0 cm³/mol. The van der Waals surface area contributed by atoms with Crippen LogP contribution >= 0.6 is 0 Å². The average Bonchev–Trinajstić information content (AvgIpc) is 2.47. The summed E-state index contributed by atoms with van der Waals surface area (Å²) in [6.07, 6.45) is -1.37. The molecule has 1 heterocycles. The van der Waals surface area contributed by atoms with Crippen molar-refractivity contribution in [2.24, 2.45) is 0 Å². The van der Waals surface area contributed by atoms with E-state index in [-0.39, 0.29) is 13.0 Å².